The van der Waals surface area contributed by atoms with Crippen LogP contribution in [0.3, 0.4) is 0 Å². The van der Waals surface area contributed by atoms with Gasteiger partial charge in [0.2, 0.25) is 5.91 Å². The number of hydrogen-bond acceptors (Lipinski definition) is 5. The predicted octanol–water partition coefficient (Wildman–Crippen LogP) is 2.82. The minimum Gasteiger partial charge on any atom is -0.465 e. The summed E-state index contributed by atoms with van der Waals surface area (Å²) in [5.74, 6) is -0.600. The number of methoxy groups -OCH3 is 1. The smallest absolute Gasteiger partial charge is 0.337 e. The first-order valence-electron chi connectivity index (χ1n) is 8.05. The molecule has 1 aromatic heterocycles. The zero-order chi connectivity index (χ0) is 18.8. The standard InChI is InChI=1S/C20H19N3O3/c1-26-20(25)18-8-5-16(6-9-18)7-10-19(24)23(13-3-11-21)15-17-4-2-12-22-14-17/h2,4-10,12,14H,3,13,15H2,1H3/b10-7-. The maximum atomic E-state index is 12.5. The van der Waals surface area contributed by atoms with Crippen LogP contribution in [0.25, 0.3) is 6.08 Å². The average Bonchev–Trinajstić information content (AvgIpc) is 2.69. The van der Waals surface area contributed by atoms with E-state index in [0.717, 1.165) is 11.1 Å². The summed E-state index contributed by atoms with van der Waals surface area (Å²) < 4.78 is 4.65. The fraction of sp³-hybridized carbons (Fsp3) is 0.200. The number of carbonyl (C=O) groups excluding carboxylic acids is 2. The van der Waals surface area contributed by atoms with Gasteiger partial charge in [0.25, 0.3) is 0 Å². The first kappa shape index (κ1) is 18.9. The monoisotopic (exact) mass is 349 g/mol. The van der Waals surface area contributed by atoms with E-state index in [4.69, 9.17) is 5.26 Å². The van der Waals surface area contributed by atoms with Gasteiger partial charge in [-0.3, -0.25) is 9.78 Å². The number of esters is 1. The van der Waals surface area contributed by atoms with Crippen molar-refractivity contribution in [1.82, 2.24) is 9.88 Å². The second-order valence-corrected chi connectivity index (χ2v) is 5.48. The summed E-state index contributed by atoms with van der Waals surface area (Å²) in [6.07, 6.45) is 6.76. The Balaban J connectivity index is 2.06. The Hall–Kier alpha value is -3.46. The molecule has 2 rings (SSSR count). The number of benzene rings is 1. The zero-order valence-electron chi connectivity index (χ0n) is 14.5. The van der Waals surface area contributed by atoms with E-state index < -0.39 is 5.97 Å². The molecule has 0 radical (unpaired) electrons. The molecule has 0 atom stereocenters. The van der Waals surface area contributed by atoms with E-state index in [1.807, 2.05) is 6.07 Å². The molecule has 0 aliphatic carbocycles. The minimum absolute atomic E-state index is 0.193. The van der Waals surface area contributed by atoms with Gasteiger partial charge in [0.1, 0.15) is 0 Å². The minimum atomic E-state index is -0.407. The third-order valence-electron chi connectivity index (χ3n) is 3.65. The van der Waals surface area contributed by atoms with Crippen molar-refractivity contribution in [2.75, 3.05) is 13.7 Å². The van der Waals surface area contributed by atoms with E-state index >= 15 is 0 Å². The highest BCUT2D eigenvalue weighted by Gasteiger charge is 2.11. The molecule has 0 spiro atoms. The van der Waals surface area contributed by atoms with Crippen LogP contribution >= 0.6 is 0 Å². The molecule has 0 fully saturated rings. The molecular formula is C20H19N3O3. The first-order valence-corrected chi connectivity index (χ1v) is 8.05. The van der Waals surface area contributed by atoms with Crippen LogP contribution in [0.2, 0.25) is 0 Å². The van der Waals surface area contributed by atoms with E-state index in [2.05, 4.69) is 15.8 Å². The molecule has 6 heteroatoms. The summed E-state index contributed by atoms with van der Waals surface area (Å²) in [7, 11) is 1.33. The molecule has 132 valence electrons. The van der Waals surface area contributed by atoms with Crippen LogP contribution in [0.1, 0.15) is 27.9 Å². The Morgan fingerprint density at radius 3 is 2.65 bits per heavy atom. The van der Waals surface area contributed by atoms with Gasteiger partial charge in [0.05, 0.1) is 25.2 Å². The van der Waals surface area contributed by atoms with Gasteiger partial charge in [0.15, 0.2) is 0 Å². The van der Waals surface area contributed by atoms with E-state index in [1.165, 1.54) is 13.2 Å². The van der Waals surface area contributed by atoms with Crippen LogP contribution in [0.5, 0.6) is 0 Å². The maximum absolute atomic E-state index is 12.5. The molecule has 1 amide bonds. The molecule has 0 bridgehead atoms. The highest BCUT2D eigenvalue weighted by atomic mass is 16.5. The van der Waals surface area contributed by atoms with Crippen molar-refractivity contribution >= 4 is 18.0 Å². The number of rotatable bonds is 7. The fourth-order valence-electron chi connectivity index (χ4n) is 2.29. The number of amides is 1. The van der Waals surface area contributed by atoms with Crippen LogP contribution < -0.4 is 0 Å². The van der Waals surface area contributed by atoms with Gasteiger partial charge in [-0.1, -0.05) is 18.2 Å². The van der Waals surface area contributed by atoms with Crippen molar-refractivity contribution in [1.29, 1.82) is 5.26 Å². The summed E-state index contributed by atoms with van der Waals surface area (Å²) in [4.78, 5) is 29.5. The lowest BCUT2D eigenvalue weighted by molar-refractivity contribution is -0.126. The van der Waals surface area contributed by atoms with Gasteiger partial charge in [-0.2, -0.15) is 5.26 Å². The lowest BCUT2D eigenvalue weighted by atomic mass is 10.1. The highest BCUT2D eigenvalue weighted by molar-refractivity contribution is 5.92. The normalized spacial score (nSPS) is 10.3. The van der Waals surface area contributed by atoms with E-state index in [9.17, 15) is 9.59 Å². The van der Waals surface area contributed by atoms with Crippen LogP contribution in [-0.2, 0) is 16.1 Å². The Morgan fingerprint density at radius 1 is 1.27 bits per heavy atom. The summed E-state index contributed by atoms with van der Waals surface area (Å²) >= 11 is 0. The van der Waals surface area contributed by atoms with E-state index in [0.29, 0.717) is 18.7 Å². The second-order valence-electron chi connectivity index (χ2n) is 5.48. The molecule has 6 nitrogen and oxygen atoms in total. The van der Waals surface area contributed by atoms with Gasteiger partial charge < -0.3 is 9.64 Å². The summed E-state index contributed by atoms with van der Waals surface area (Å²) in [5, 5.41) is 8.81. The lowest BCUT2D eigenvalue weighted by Gasteiger charge is -2.19. The number of pyridine rings is 1. The van der Waals surface area contributed by atoms with Crippen molar-refractivity contribution in [2.45, 2.75) is 13.0 Å². The zero-order valence-corrected chi connectivity index (χ0v) is 14.5. The topological polar surface area (TPSA) is 83.3 Å². The molecule has 2 aromatic rings. The molecule has 0 saturated heterocycles. The van der Waals surface area contributed by atoms with Crippen molar-refractivity contribution in [3.05, 3.63) is 71.6 Å². The summed E-state index contributed by atoms with van der Waals surface area (Å²) in [6.45, 7) is 0.732. The van der Waals surface area contributed by atoms with Crippen LogP contribution in [-0.4, -0.2) is 35.4 Å². The number of aromatic nitrogens is 1. The van der Waals surface area contributed by atoms with Gasteiger partial charge in [0, 0.05) is 31.6 Å². The lowest BCUT2D eigenvalue weighted by Crippen LogP contribution is -2.29. The average molecular weight is 349 g/mol. The molecule has 0 unspecified atom stereocenters. The fourth-order valence-corrected chi connectivity index (χ4v) is 2.29. The van der Waals surface area contributed by atoms with Gasteiger partial charge in [-0.15, -0.1) is 0 Å². The molecular weight excluding hydrogens is 330 g/mol. The van der Waals surface area contributed by atoms with Crippen molar-refractivity contribution < 1.29 is 14.3 Å². The molecule has 0 saturated carbocycles. The number of carbonyl (C=O) groups is 2. The summed E-state index contributed by atoms with van der Waals surface area (Å²) in [6, 6.07) is 12.5. The van der Waals surface area contributed by atoms with Crippen molar-refractivity contribution in [3.8, 4) is 6.07 Å². The summed E-state index contributed by atoms with van der Waals surface area (Å²) in [5.41, 5.74) is 2.13. The molecule has 26 heavy (non-hydrogen) atoms. The number of nitriles is 1. The second kappa shape index (κ2) is 9.74. The molecule has 1 aromatic carbocycles. The van der Waals surface area contributed by atoms with Crippen LogP contribution in [0, 0.1) is 11.3 Å². The van der Waals surface area contributed by atoms with Crippen LogP contribution in [0.15, 0.2) is 54.9 Å². The number of ether oxygens (including phenoxy) is 1. The third kappa shape index (κ3) is 5.56. The van der Waals surface area contributed by atoms with Crippen molar-refractivity contribution in [3.63, 3.8) is 0 Å². The van der Waals surface area contributed by atoms with Gasteiger partial charge in [-0.25, -0.2) is 4.79 Å². The maximum Gasteiger partial charge on any atom is 0.337 e. The Kier molecular flexibility index (Phi) is 7.07. The number of hydrogen-bond donors (Lipinski definition) is 0. The van der Waals surface area contributed by atoms with E-state index in [1.54, 1.807) is 53.7 Å². The van der Waals surface area contributed by atoms with E-state index in [-0.39, 0.29) is 12.3 Å². The Morgan fingerprint density at radius 2 is 2.04 bits per heavy atom. The van der Waals surface area contributed by atoms with Gasteiger partial charge >= 0.3 is 5.97 Å². The van der Waals surface area contributed by atoms with Crippen LogP contribution in [0.4, 0.5) is 0 Å². The largest absolute Gasteiger partial charge is 0.465 e. The van der Waals surface area contributed by atoms with Crippen molar-refractivity contribution in [2.24, 2.45) is 0 Å². The Bertz CT molecular complexity index is 808. The molecule has 1 heterocycles. The third-order valence-corrected chi connectivity index (χ3v) is 3.65. The SMILES string of the molecule is COC(=O)c1ccc(/C=C\C(=O)N(CCC#N)Cc2cccnc2)cc1. The molecule has 0 N–H and O–H groups in total. The molecule has 0 aliphatic heterocycles. The first-order chi connectivity index (χ1) is 12.6. The highest BCUT2D eigenvalue weighted by Crippen LogP contribution is 2.09. The predicted molar refractivity (Wildman–Crippen MR) is 96.7 cm³/mol. The number of nitrogens with zero attached hydrogens (tertiary/aromatic N) is 3. The Labute approximate surface area is 152 Å². The molecule has 0 aliphatic rings. The van der Waals surface area contributed by atoms with Gasteiger partial charge in [-0.05, 0) is 35.4 Å². The quantitative estimate of drug-likeness (QED) is 0.567.